The van der Waals surface area contributed by atoms with Crippen molar-refractivity contribution in [3.05, 3.63) is 62.7 Å². The zero-order valence-corrected chi connectivity index (χ0v) is 22.6. The number of benzene rings is 1. The average molecular weight is 588 g/mol. The molecule has 35 heavy (non-hydrogen) atoms. The smallest absolute Gasteiger partial charge is 0.252 e. The monoisotopic (exact) mass is 587 g/mol. The Kier molecular flexibility index (Phi) is 6.94. The number of amides is 1. The van der Waals surface area contributed by atoms with Gasteiger partial charge in [0.15, 0.2) is 0 Å². The number of aliphatic hydroxyl groups is 1. The van der Waals surface area contributed by atoms with Crippen LogP contribution in [0.15, 0.2) is 53.5 Å². The number of likely N-dealkylation sites (tertiary alicyclic amines) is 1. The highest BCUT2D eigenvalue weighted by Crippen LogP contribution is 2.37. The van der Waals surface area contributed by atoms with Crippen LogP contribution in [0.25, 0.3) is 10.9 Å². The van der Waals surface area contributed by atoms with Crippen molar-refractivity contribution in [1.82, 2.24) is 25.3 Å². The van der Waals surface area contributed by atoms with Crippen LogP contribution in [-0.2, 0) is 0 Å². The second-order valence-corrected chi connectivity index (χ2v) is 11.3. The summed E-state index contributed by atoms with van der Waals surface area (Å²) in [5.74, 6) is 0.531. The minimum Gasteiger partial charge on any atom is -0.375 e. The van der Waals surface area contributed by atoms with Crippen LogP contribution in [0.3, 0.4) is 0 Å². The summed E-state index contributed by atoms with van der Waals surface area (Å²) in [6.07, 6.45) is 8.98. The van der Waals surface area contributed by atoms with Crippen LogP contribution in [0.2, 0.25) is 0 Å². The molecular formula is C27H34IN5O2. The number of rotatable bonds is 6. The van der Waals surface area contributed by atoms with Gasteiger partial charge in [-0.05, 0) is 91.8 Å². The Morgan fingerprint density at radius 1 is 1.26 bits per heavy atom. The molecule has 0 radical (unpaired) electrons. The summed E-state index contributed by atoms with van der Waals surface area (Å²) in [5.41, 5.74) is 5.61. The maximum atomic E-state index is 13.2. The molecule has 7 nitrogen and oxygen atoms in total. The van der Waals surface area contributed by atoms with Crippen molar-refractivity contribution in [1.29, 1.82) is 0 Å². The first kappa shape index (κ1) is 24.4. The fraction of sp³-hybridized carbons (Fsp3) is 0.481. The van der Waals surface area contributed by atoms with E-state index >= 15 is 0 Å². The zero-order valence-electron chi connectivity index (χ0n) is 20.5. The summed E-state index contributed by atoms with van der Waals surface area (Å²) in [5, 5.41) is 22.0. The van der Waals surface area contributed by atoms with Crippen LogP contribution in [-0.4, -0.2) is 51.6 Å². The van der Waals surface area contributed by atoms with E-state index in [-0.39, 0.29) is 12.5 Å². The van der Waals surface area contributed by atoms with E-state index in [1.165, 1.54) is 25.0 Å². The van der Waals surface area contributed by atoms with Crippen LogP contribution in [0, 0.1) is 9.49 Å². The number of nitrogens with one attached hydrogen (secondary N) is 2. The van der Waals surface area contributed by atoms with Crippen molar-refractivity contribution in [3.8, 4) is 0 Å². The molecule has 1 aromatic heterocycles. The second-order valence-electron chi connectivity index (χ2n) is 10.1. The predicted octanol–water partition coefficient (Wildman–Crippen LogP) is 4.46. The molecule has 1 amide bonds. The second kappa shape index (κ2) is 9.97. The maximum absolute atomic E-state index is 13.2. The molecule has 2 aliphatic heterocycles. The summed E-state index contributed by atoms with van der Waals surface area (Å²) >= 11 is 2.27. The largest absolute Gasteiger partial charge is 0.375 e. The number of piperidine rings is 1. The van der Waals surface area contributed by atoms with Gasteiger partial charge in [-0.1, -0.05) is 13.0 Å². The SMILES string of the molecule is C=C(C1CCC1)N1CCC(n2ncc3c(C(=O)NCC4=C(C)C=C(C)NC4O)cc(I)cc32)CC1. The summed E-state index contributed by atoms with van der Waals surface area (Å²) in [6, 6.07) is 4.35. The van der Waals surface area contributed by atoms with Crippen molar-refractivity contribution in [2.45, 2.75) is 58.2 Å². The molecule has 1 unspecified atom stereocenters. The number of halogens is 1. The third kappa shape index (κ3) is 4.87. The molecule has 8 heteroatoms. The standard InChI is InChI=1S/C27H34IN5O2/c1-16-11-17(2)31-27(35)23(16)14-29-26(34)22-12-20(28)13-25-24(22)15-30-33(25)21-7-9-32(10-8-21)18(3)19-5-4-6-19/h11-13,15,19,21,27,31,35H,3-10,14H2,1-2H3,(H,29,34). The van der Waals surface area contributed by atoms with Gasteiger partial charge in [-0.25, -0.2) is 0 Å². The van der Waals surface area contributed by atoms with Gasteiger partial charge in [-0.3, -0.25) is 9.48 Å². The molecule has 186 valence electrons. The van der Waals surface area contributed by atoms with E-state index in [0.29, 0.717) is 17.5 Å². The number of aromatic nitrogens is 2. The molecule has 1 aromatic carbocycles. The molecule has 5 rings (SSSR count). The van der Waals surface area contributed by atoms with Crippen molar-refractivity contribution >= 4 is 39.4 Å². The predicted molar refractivity (Wildman–Crippen MR) is 147 cm³/mol. The van der Waals surface area contributed by atoms with Crippen LogP contribution in [0.4, 0.5) is 0 Å². The molecule has 1 saturated heterocycles. The third-order valence-corrected chi connectivity index (χ3v) is 8.41. The Labute approximate surface area is 220 Å². The minimum absolute atomic E-state index is 0.154. The first-order chi connectivity index (χ1) is 16.8. The number of dihydropyridines is 1. The first-order valence-corrected chi connectivity index (χ1v) is 13.6. The highest BCUT2D eigenvalue weighted by molar-refractivity contribution is 14.1. The molecule has 3 aliphatic rings. The lowest BCUT2D eigenvalue weighted by atomic mass is 9.82. The summed E-state index contributed by atoms with van der Waals surface area (Å²) in [4.78, 5) is 15.7. The number of carbonyl (C=O) groups excluding carboxylic acids is 1. The highest BCUT2D eigenvalue weighted by atomic mass is 127. The lowest BCUT2D eigenvalue weighted by Crippen LogP contribution is -2.38. The Balaban J connectivity index is 1.31. The Bertz CT molecular complexity index is 1220. The molecular weight excluding hydrogens is 553 g/mol. The van der Waals surface area contributed by atoms with Gasteiger partial charge in [0.05, 0.1) is 23.3 Å². The van der Waals surface area contributed by atoms with Crippen LogP contribution in [0.5, 0.6) is 0 Å². The fourth-order valence-corrected chi connectivity index (χ4v) is 6.08. The van der Waals surface area contributed by atoms with E-state index in [4.69, 9.17) is 5.10 Å². The number of carbonyl (C=O) groups is 1. The van der Waals surface area contributed by atoms with Crippen molar-refractivity contribution in [3.63, 3.8) is 0 Å². The number of hydrogen-bond donors (Lipinski definition) is 3. The van der Waals surface area contributed by atoms with Crippen molar-refractivity contribution < 1.29 is 9.90 Å². The fourth-order valence-electron chi connectivity index (χ4n) is 5.47. The molecule has 3 N–H and O–H groups in total. The molecule has 0 bridgehead atoms. The van der Waals surface area contributed by atoms with Gasteiger partial charge in [0.25, 0.3) is 5.91 Å². The number of allylic oxidation sites excluding steroid dienone is 4. The van der Waals surface area contributed by atoms with Crippen LogP contribution in [0.1, 0.15) is 62.4 Å². The maximum Gasteiger partial charge on any atom is 0.252 e. The Morgan fingerprint density at radius 2 is 2.00 bits per heavy atom. The van der Waals surface area contributed by atoms with E-state index in [9.17, 15) is 9.90 Å². The van der Waals surface area contributed by atoms with Crippen molar-refractivity contribution in [2.75, 3.05) is 19.6 Å². The number of nitrogens with zero attached hydrogens (tertiary/aromatic N) is 3. The van der Waals surface area contributed by atoms with Gasteiger partial charge in [0, 0.05) is 45.6 Å². The van der Waals surface area contributed by atoms with E-state index in [1.807, 2.05) is 32.2 Å². The van der Waals surface area contributed by atoms with Gasteiger partial charge in [-0.2, -0.15) is 5.10 Å². The normalized spacial score (nSPS) is 21.5. The zero-order chi connectivity index (χ0) is 24.7. The van der Waals surface area contributed by atoms with E-state index in [2.05, 4.69) is 55.5 Å². The Hall–Kier alpha value is -2.33. The molecule has 1 aliphatic carbocycles. The van der Waals surface area contributed by atoms with Gasteiger partial charge in [0.1, 0.15) is 6.23 Å². The molecule has 2 fully saturated rings. The third-order valence-electron chi connectivity index (χ3n) is 7.79. The van der Waals surface area contributed by atoms with E-state index in [1.54, 1.807) is 0 Å². The van der Waals surface area contributed by atoms with Gasteiger partial charge in [-0.15, -0.1) is 0 Å². The minimum atomic E-state index is -0.787. The molecule has 0 spiro atoms. The Morgan fingerprint density at radius 3 is 2.66 bits per heavy atom. The van der Waals surface area contributed by atoms with Gasteiger partial charge >= 0.3 is 0 Å². The van der Waals surface area contributed by atoms with Gasteiger partial charge < -0.3 is 20.6 Å². The lowest BCUT2D eigenvalue weighted by Gasteiger charge is -2.40. The van der Waals surface area contributed by atoms with Crippen LogP contribution >= 0.6 is 22.6 Å². The van der Waals surface area contributed by atoms with Crippen molar-refractivity contribution in [2.24, 2.45) is 5.92 Å². The highest BCUT2D eigenvalue weighted by Gasteiger charge is 2.29. The van der Waals surface area contributed by atoms with E-state index < -0.39 is 6.23 Å². The lowest BCUT2D eigenvalue weighted by molar-refractivity contribution is 0.0954. The molecule has 1 atom stereocenters. The number of fused-ring (bicyclic) bond motifs is 1. The quantitative estimate of drug-likeness (QED) is 0.435. The topological polar surface area (TPSA) is 82.4 Å². The molecule has 3 heterocycles. The first-order valence-electron chi connectivity index (χ1n) is 12.5. The number of aliphatic hydroxyl groups excluding tert-OH is 1. The summed E-state index contributed by atoms with van der Waals surface area (Å²) < 4.78 is 3.12. The van der Waals surface area contributed by atoms with Gasteiger partial charge in [0.2, 0.25) is 0 Å². The average Bonchev–Trinajstić information content (AvgIpc) is 3.20. The summed E-state index contributed by atoms with van der Waals surface area (Å²) in [7, 11) is 0. The van der Waals surface area contributed by atoms with E-state index in [0.717, 1.165) is 57.2 Å². The van der Waals surface area contributed by atoms with Crippen LogP contribution < -0.4 is 10.6 Å². The summed E-state index contributed by atoms with van der Waals surface area (Å²) in [6.45, 7) is 10.6. The molecule has 2 aromatic rings. The molecule has 1 saturated carbocycles. The number of hydrogen-bond acceptors (Lipinski definition) is 5.